The van der Waals surface area contributed by atoms with E-state index in [2.05, 4.69) is 10.4 Å². The lowest BCUT2D eigenvalue weighted by atomic mass is 10.1. The smallest absolute Gasteiger partial charge is 0.274 e. The van der Waals surface area contributed by atoms with Crippen LogP contribution in [0.4, 0.5) is 5.69 Å². The van der Waals surface area contributed by atoms with Gasteiger partial charge in [-0.3, -0.25) is 9.59 Å². The second-order valence-electron chi connectivity index (χ2n) is 6.97. The molecule has 0 aliphatic carbocycles. The summed E-state index contributed by atoms with van der Waals surface area (Å²) in [7, 11) is 4.53. The minimum absolute atomic E-state index is 0.00414. The van der Waals surface area contributed by atoms with E-state index in [0.717, 1.165) is 0 Å². The van der Waals surface area contributed by atoms with Crippen LogP contribution in [-0.2, 0) is 11.2 Å². The summed E-state index contributed by atoms with van der Waals surface area (Å²) in [4.78, 5) is 25.5. The summed E-state index contributed by atoms with van der Waals surface area (Å²) in [5.41, 5.74) is 0.856. The summed E-state index contributed by atoms with van der Waals surface area (Å²) >= 11 is 0. The normalized spacial score (nSPS) is 10.9. The molecule has 1 heterocycles. The van der Waals surface area contributed by atoms with Crippen molar-refractivity contribution in [2.24, 2.45) is 0 Å². The van der Waals surface area contributed by atoms with E-state index < -0.39 is 0 Å². The van der Waals surface area contributed by atoms with Gasteiger partial charge in [-0.15, -0.1) is 0 Å². The molecule has 0 atom stereocenters. The van der Waals surface area contributed by atoms with Crippen LogP contribution < -0.4 is 25.1 Å². The monoisotopic (exact) mass is 411 g/mol. The average Bonchev–Trinajstić information content (AvgIpc) is 2.74. The number of fused-ring (bicyclic) bond motifs is 1. The van der Waals surface area contributed by atoms with Gasteiger partial charge >= 0.3 is 0 Å². The number of ether oxygens (including phenoxy) is 3. The number of benzene rings is 2. The third-order valence-electron chi connectivity index (χ3n) is 4.67. The zero-order chi connectivity index (χ0) is 21.8. The molecule has 1 aromatic heterocycles. The van der Waals surface area contributed by atoms with Gasteiger partial charge in [-0.2, -0.15) is 5.10 Å². The van der Waals surface area contributed by atoms with Crippen molar-refractivity contribution in [1.29, 1.82) is 0 Å². The van der Waals surface area contributed by atoms with Crippen molar-refractivity contribution >= 4 is 22.4 Å². The zero-order valence-corrected chi connectivity index (χ0v) is 17.7. The number of nitrogens with zero attached hydrogens (tertiary/aromatic N) is 2. The molecule has 0 aliphatic heterocycles. The van der Waals surface area contributed by atoms with Gasteiger partial charge in [0.2, 0.25) is 11.7 Å². The number of amides is 1. The molecule has 0 saturated heterocycles. The quantitative estimate of drug-likeness (QED) is 0.642. The van der Waals surface area contributed by atoms with E-state index in [1.807, 2.05) is 19.9 Å². The molecule has 0 saturated carbocycles. The Bertz CT molecular complexity index is 1110. The lowest BCUT2D eigenvalue weighted by Gasteiger charge is -2.15. The number of anilines is 1. The lowest BCUT2D eigenvalue weighted by Crippen LogP contribution is -2.27. The van der Waals surface area contributed by atoms with E-state index >= 15 is 0 Å². The van der Waals surface area contributed by atoms with E-state index in [1.165, 1.54) is 26.0 Å². The molecule has 3 aromatic rings. The first-order valence-electron chi connectivity index (χ1n) is 9.49. The topological polar surface area (TPSA) is 91.7 Å². The first-order chi connectivity index (χ1) is 14.4. The summed E-state index contributed by atoms with van der Waals surface area (Å²) in [5.74, 6) is 1.03. The summed E-state index contributed by atoms with van der Waals surface area (Å²) in [5, 5.41) is 8.49. The molecule has 3 rings (SSSR count). The van der Waals surface area contributed by atoms with Gasteiger partial charge in [-0.05, 0) is 19.9 Å². The summed E-state index contributed by atoms with van der Waals surface area (Å²) in [6.07, 6.45) is 0.00414. The molecule has 0 fully saturated rings. The highest BCUT2D eigenvalue weighted by molar-refractivity contribution is 5.95. The lowest BCUT2D eigenvalue weighted by molar-refractivity contribution is -0.115. The summed E-state index contributed by atoms with van der Waals surface area (Å²) in [6.45, 7) is 3.76. The molecule has 30 heavy (non-hydrogen) atoms. The molecule has 8 heteroatoms. The fourth-order valence-corrected chi connectivity index (χ4v) is 3.27. The number of rotatable bonds is 7. The van der Waals surface area contributed by atoms with Crippen LogP contribution in [0.15, 0.2) is 41.2 Å². The Labute approximate surface area is 174 Å². The van der Waals surface area contributed by atoms with Crippen LogP contribution in [0.3, 0.4) is 0 Å². The number of methoxy groups -OCH3 is 3. The maximum atomic E-state index is 12.8. The Morgan fingerprint density at radius 1 is 1.03 bits per heavy atom. The van der Waals surface area contributed by atoms with Crippen molar-refractivity contribution < 1.29 is 19.0 Å². The Kier molecular flexibility index (Phi) is 6.25. The second-order valence-corrected chi connectivity index (χ2v) is 6.97. The first-order valence-corrected chi connectivity index (χ1v) is 9.49. The van der Waals surface area contributed by atoms with Gasteiger partial charge in [-0.25, -0.2) is 4.68 Å². The number of carbonyl (C=O) groups is 1. The standard InChI is InChI=1S/C22H25N3O5/c1-13(2)25-22(27)16-9-7-6-8-15(16)17(24-25)12-20(26)23-14-10-18(28-3)21(30-5)19(11-14)29-4/h6-11,13H,12H2,1-5H3,(H,23,26). The molecular formula is C22H25N3O5. The van der Waals surface area contributed by atoms with Gasteiger partial charge in [0.25, 0.3) is 5.56 Å². The van der Waals surface area contributed by atoms with Crippen molar-refractivity contribution in [3.63, 3.8) is 0 Å². The van der Waals surface area contributed by atoms with E-state index in [1.54, 1.807) is 30.3 Å². The molecule has 0 spiro atoms. The highest BCUT2D eigenvalue weighted by Crippen LogP contribution is 2.39. The van der Waals surface area contributed by atoms with Crippen LogP contribution in [0, 0.1) is 0 Å². The van der Waals surface area contributed by atoms with Gasteiger partial charge in [-0.1, -0.05) is 18.2 Å². The van der Waals surface area contributed by atoms with Crippen molar-refractivity contribution in [3.05, 3.63) is 52.4 Å². The third-order valence-corrected chi connectivity index (χ3v) is 4.67. The molecule has 1 amide bonds. The largest absolute Gasteiger partial charge is 0.493 e. The Balaban J connectivity index is 1.95. The highest BCUT2D eigenvalue weighted by atomic mass is 16.5. The molecule has 2 aromatic carbocycles. The Morgan fingerprint density at radius 3 is 2.17 bits per heavy atom. The molecule has 0 bridgehead atoms. The first kappa shape index (κ1) is 21.2. The van der Waals surface area contributed by atoms with Crippen LogP contribution >= 0.6 is 0 Å². The van der Waals surface area contributed by atoms with Crippen molar-refractivity contribution in [3.8, 4) is 17.2 Å². The van der Waals surface area contributed by atoms with Crippen LogP contribution in [0.1, 0.15) is 25.6 Å². The van der Waals surface area contributed by atoms with Crippen molar-refractivity contribution in [2.75, 3.05) is 26.6 Å². The van der Waals surface area contributed by atoms with E-state index in [9.17, 15) is 9.59 Å². The number of aromatic nitrogens is 2. The molecule has 158 valence electrons. The zero-order valence-electron chi connectivity index (χ0n) is 17.7. The van der Waals surface area contributed by atoms with E-state index in [0.29, 0.717) is 39.4 Å². The second kappa shape index (κ2) is 8.86. The third kappa shape index (κ3) is 4.07. The highest BCUT2D eigenvalue weighted by Gasteiger charge is 2.17. The Hall–Kier alpha value is -3.55. The van der Waals surface area contributed by atoms with E-state index in [-0.39, 0.29) is 23.9 Å². The minimum atomic E-state index is -0.282. The van der Waals surface area contributed by atoms with Crippen molar-refractivity contribution in [2.45, 2.75) is 26.3 Å². The van der Waals surface area contributed by atoms with Gasteiger partial charge < -0.3 is 19.5 Å². The maximum absolute atomic E-state index is 12.8. The number of hydrogen-bond donors (Lipinski definition) is 1. The van der Waals surface area contributed by atoms with Gasteiger partial charge in [0.15, 0.2) is 11.5 Å². The summed E-state index contributed by atoms with van der Waals surface area (Å²) in [6, 6.07) is 10.4. The number of nitrogens with one attached hydrogen (secondary N) is 1. The predicted molar refractivity (Wildman–Crippen MR) is 115 cm³/mol. The Morgan fingerprint density at radius 2 is 1.63 bits per heavy atom. The van der Waals surface area contributed by atoms with Gasteiger partial charge in [0, 0.05) is 23.2 Å². The minimum Gasteiger partial charge on any atom is -0.493 e. The molecule has 8 nitrogen and oxygen atoms in total. The fourth-order valence-electron chi connectivity index (χ4n) is 3.27. The van der Waals surface area contributed by atoms with E-state index in [4.69, 9.17) is 14.2 Å². The molecule has 0 radical (unpaired) electrons. The van der Waals surface area contributed by atoms with Crippen LogP contribution in [0.5, 0.6) is 17.2 Å². The van der Waals surface area contributed by atoms with Gasteiger partial charge in [0.05, 0.1) is 44.9 Å². The van der Waals surface area contributed by atoms with Crippen molar-refractivity contribution in [1.82, 2.24) is 9.78 Å². The average molecular weight is 411 g/mol. The molecule has 0 unspecified atom stereocenters. The molecular weight excluding hydrogens is 386 g/mol. The van der Waals surface area contributed by atoms with Gasteiger partial charge in [0.1, 0.15) is 0 Å². The predicted octanol–water partition coefficient (Wildman–Crippen LogP) is 3.18. The number of hydrogen-bond acceptors (Lipinski definition) is 6. The number of carbonyl (C=O) groups excluding carboxylic acids is 1. The molecule has 0 aliphatic rings. The van der Waals surface area contributed by atoms with Crippen LogP contribution in [-0.4, -0.2) is 37.0 Å². The van der Waals surface area contributed by atoms with Crippen LogP contribution in [0.25, 0.3) is 10.8 Å². The SMILES string of the molecule is COc1cc(NC(=O)Cc2nn(C(C)C)c(=O)c3ccccc23)cc(OC)c1OC. The maximum Gasteiger partial charge on any atom is 0.274 e. The van der Waals surface area contributed by atoms with Crippen LogP contribution in [0.2, 0.25) is 0 Å². The summed E-state index contributed by atoms with van der Waals surface area (Å²) < 4.78 is 17.4. The fraction of sp³-hybridized carbons (Fsp3) is 0.318. The molecule has 1 N–H and O–H groups in total.